The number of guanidine groups is 1. The van der Waals surface area contributed by atoms with Crippen molar-refractivity contribution < 1.29 is 0 Å². The molecule has 0 bridgehead atoms. The third kappa shape index (κ3) is 4.45. The summed E-state index contributed by atoms with van der Waals surface area (Å²) in [5.74, 6) is 3.62. The Morgan fingerprint density at radius 1 is 1.23 bits per heavy atom. The monoisotopic (exact) mass is 306 g/mol. The third-order valence-electron chi connectivity index (χ3n) is 4.67. The Morgan fingerprint density at radius 3 is 2.50 bits per heavy atom. The fourth-order valence-electron chi connectivity index (χ4n) is 2.97. The van der Waals surface area contributed by atoms with Crippen molar-refractivity contribution in [3.05, 3.63) is 11.6 Å². The zero-order valence-corrected chi connectivity index (χ0v) is 14.4. The predicted molar refractivity (Wildman–Crippen MR) is 89.7 cm³/mol. The van der Waals surface area contributed by atoms with Gasteiger partial charge in [-0.25, -0.2) is 4.99 Å². The van der Waals surface area contributed by atoms with Crippen molar-refractivity contribution in [1.82, 2.24) is 25.4 Å². The van der Waals surface area contributed by atoms with Gasteiger partial charge in [0.1, 0.15) is 12.4 Å². The van der Waals surface area contributed by atoms with Gasteiger partial charge in [0.15, 0.2) is 11.8 Å². The molecule has 0 atom stereocenters. The summed E-state index contributed by atoms with van der Waals surface area (Å²) in [4.78, 5) is 4.66. The predicted octanol–water partition coefficient (Wildman–Crippen LogP) is 2.15. The maximum Gasteiger partial charge on any atom is 0.191 e. The topological polar surface area (TPSA) is 67.1 Å². The van der Waals surface area contributed by atoms with Crippen LogP contribution in [-0.4, -0.2) is 33.3 Å². The highest BCUT2D eigenvalue weighted by Gasteiger charge is 2.20. The number of hydrogen-bond acceptors (Lipinski definition) is 3. The molecule has 1 heterocycles. The fraction of sp³-hybridized carbons (Fsp3) is 0.812. The summed E-state index contributed by atoms with van der Waals surface area (Å²) >= 11 is 0. The van der Waals surface area contributed by atoms with Crippen molar-refractivity contribution in [3.8, 4) is 0 Å². The summed E-state index contributed by atoms with van der Waals surface area (Å²) in [6.45, 7) is 7.77. The number of nitrogens with zero attached hydrogens (tertiary/aromatic N) is 4. The van der Waals surface area contributed by atoms with Crippen LogP contribution in [0.15, 0.2) is 4.99 Å². The second-order valence-corrected chi connectivity index (χ2v) is 6.19. The minimum atomic E-state index is 0.543. The normalized spacial score (nSPS) is 22.6. The molecular weight excluding hydrogens is 276 g/mol. The van der Waals surface area contributed by atoms with Crippen molar-refractivity contribution in [2.24, 2.45) is 18.0 Å². The summed E-state index contributed by atoms with van der Waals surface area (Å²) in [5.41, 5.74) is 0. The maximum absolute atomic E-state index is 4.66. The molecule has 0 amide bonds. The van der Waals surface area contributed by atoms with E-state index in [0.717, 1.165) is 30.1 Å². The lowest BCUT2D eigenvalue weighted by atomic mass is 9.84. The van der Waals surface area contributed by atoms with E-state index in [1.165, 1.54) is 32.1 Å². The van der Waals surface area contributed by atoms with Crippen molar-refractivity contribution in [2.75, 3.05) is 6.54 Å². The van der Waals surface area contributed by atoms with Crippen molar-refractivity contribution >= 4 is 5.96 Å². The van der Waals surface area contributed by atoms with Crippen molar-refractivity contribution in [3.63, 3.8) is 0 Å². The van der Waals surface area contributed by atoms with Gasteiger partial charge in [0.2, 0.25) is 0 Å². The molecule has 0 unspecified atom stereocenters. The van der Waals surface area contributed by atoms with E-state index >= 15 is 0 Å². The average molecular weight is 306 g/mol. The van der Waals surface area contributed by atoms with E-state index in [4.69, 9.17) is 0 Å². The Morgan fingerprint density at radius 2 is 1.95 bits per heavy atom. The molecular formula is C16H30N6. The number of aliphatic imine (C=N–C) groups is 1. The van der Waals surface area contributed by atoms with Crippen LogP contribution in [0, 0.1) is 12.8 Å². The quantitative estimate of drug-likeness (QED) is 0.646. The zero-order chi connectivity index (χ0) is 15.9. The number of hydrogen-bond donors (Lipinski definition) is 2. The van der Waals surface area contributed by atoms with Gasteiger partial charge in [0, 0.05) is 19.6 Å². The molecule has 0 aromatic carbocycles. The smallest absolute Gasteiger partial charge is 0.191 e. The third-order valence-corrected chi connectivity index (χ3v) is 4.67. The number of rotatable bonds is 5. The van der Waals surface area contributed by atoms with Gasteiger partial charge in [0.05, 0.1) is 0 Å². The Hall–Kier alpha value is -1.59. The van der Waals surface area contributed by atoms with Crippen LogP contribution in [0.3, 0.4) is 0 Å². The molecule has 1 aliphatic rings. The van der Waals surface area contributed by atoms with Gasteiger partial charge >= 0.3 is 0 Å². The van der Waals surface area contributed by atoms with Gasteiger partial charge in [-0.2, -0.15) is 0 Å². The molecule has 124 valence electrons. The molecule has 1 fully saturated rings. The van der Waals surface area contributed by atoms with Gasteiger partial charge in [0.25, 0.3) is 0 Å². The average Bonchev–Trinajstić information content (AvgIpc) is 2.85. The highest BCUT2D eigenvalue weighted by atomic mass is 15.3. The van der Waals surface area contributed by atoms with Crippen LogP contribution in [0.2, 0.25) is 0 Å². The molecule has 0 aliphatic heterocycles. The summed E-state index contributed by atoms with van der Waals surface area (Å²) in [5, 5.41) is 15.2. The van der Waals surface area contributed by atoms with Crippen LogP contribution >= 0.6 is 0 Å². The Balaban J connectivity index is 1.91. The Labute approximate surface area is 133 Å². The lowest BCUT2D eigenvalue weighted by Crippen LogP contribution is -2.44. The van der Waals surface area contributed by atoms with E-state index in [9.17, 15) is 0 Å². The van der Waals surface area contributed by atoms with Crippen LogP contribution in [0.25, 0.3) is 0 Å². The SMILES string of the molecule is CCNC(=NCc1nnc(C)n1C)NC1CCC(CC)CC1. The van der Waals surface area contributed by atoms with E-state index in [1.807, 2.05) is 18.5 Å². The van der Waals surface area contributed by atoms with Gasteiger partial charge in [-0.1, -0.05) is 13.3 Å². The van der Waals surface area contributed by atoms with E-state index in [1.54, 1.807) is 0 Å². The van der Waals surface area contributed by atoms with Gasteiger partial charge < -0.3 is 15.2 Å². The molecule has 0 spiro atoms. The lowest BCUT2D eigenvalue weighted by molar-refractivity contribution is 0.304. The molecule has 2 rings (SSSR count). The highest BCUT2D eigenvalue weighted by Crippen LogP contribution is 2.26. The van der Waals surface area contributed by atoms with Crippen LogP contribution in [-0.2, 0) is 13.6 Å². The molecule has 0 saturated heterocycles. The molecule has 2 N–H and O–H groups in total. The molecule has 22 heavy (non-hydrogen) atoms. The first-order valence-corrected chi connectivity index (χ1v) is 8.53. The first-order valence-electron chi connectivity index (χ1n) is 8.53. The van der Waals surface area contributed by atoms with Gasteiger partial charge in [-0.05, 0) is 45.4 Å². The zero-order valence-electron chi connectivity index (χ0n) is 14.4. The first kappa shape index (κ1) is 16.8. The lowest BCUT2D eigenvalue weighted by Gasteiger charge is -2.29. The molecule has 1 saturated carbocycles. The molecule has 6 heteroatoms. The van der Waals surface area contributed by atoms with Crippen molar-refractivity contribution in [1.29, 1.82) is 0 Å². The van der Waals surface area contributed by atoms with Gasteiger partial charge in [-0.3, -0.25) is 0 Å². The second kappa shape index (κ2) is 8.15. The van der Waals surface area contributed by atoms with E-state index in [-0.39, 0.29) is 0 Å². The molecule has 1 aromatic heterocycles. The number of nitrogens with one attached hydrogen (secondary N) is 2. The van der Waals surface area contributed by atoms with Crippen molar-refractivity contribution in [2.45, 2.75) is 65.5 Å². The minimum Gasteiger partial charge on any atom is -0.357 e. The molecule has 1 aromatic rings. The highest BCUT2D eigenvalue weighted by molar-refractivity contribution is 5.80. The van der Waals surface area contributed by atoms with E-state index in [0.29, 0.717) is 12.6 Å². The molecule has 1 aliphatic carbocycles. The second-order valence-electron chi connectivity index (χ2n) is 6.19. The Bertz CT molecular complexity index is 485. The van der Waals surface area contributed by atoms with Crippen LogP contribution in [0.5, 0.6) is 0 Å². The molecule has 0 radical (unpaired) electrons. The van der Waals surface area contributed by atoms with Crippen LogP contribution in [0.4, 0.5) is 0 Å². The summed E-state index contributed by atoms with van der Waals surface area (Å²) < 4.78 is 1.99. The van der Waals surface area contributed by atoms with E-state index < -0.39 is 0 Å². The number of aryl methyl sites for hydroxylation is 1. The summed E-state index contributed by atoms with van der Waals surface area (Å²) in [7, 11) is 1.98. The van der Waals surface area contributed by atoms with Crippen LogP contribution in [0.1, 0.15) is 57.6 Å². The number of aromatic nitrogens is 3. The Kier molecular flexibility index (Phi) is 6.21. The van der Waals surface area contributed by atoms with Crippen LogP contribution < -0.4 is 10.6 Å². The van der Waals surface area contributed by atoms with E-state index in [2.05, 4.69) is 39.7 Å². The fourth-order valence-corrected chi connectivity index (χ4v) is 2.97. The minimum absolute atomic E-state index is 0.543. The largest absolute Gasteiger partial charge is 0.357 e. The first-order chi connectivity index (χ1) is 10.6. The summed E-state index contributed by atoms with van der Waals surface area (Å²) in [6, 6.07) is 0.543. The summed E-state index contributed by atoms with van der Waals surface area (Å²) in [6.07, 6.45) is 6.45. The maximum atomic E-state index is 4.66. The molecule has 6 nitrogen and oxygen atoms in total. The van der Waals surface area contributed by atoms with Gasteiger partial charge in [-0.15, -0.1) is 10.2 Å². The standard InChI is InChI=1S/C16H30N6/c1-5-13-7-9-14(10-8-13)19-16(17-6-2)18-11-15-21-20-12(3)22(15)4/h13-14H,5-11H2,1-4H3,(H2,17,18,19).